The minimum atomic E-state index is -0.0151. The van der Waals surface area contributed by atoms with Crippen molar-refractivity contribution in [2.75, 3.05) is 6.54 Å². The van der Waals surface area contributed by atoms with Crippen LogP contribution in [0, 0.1) is 0 Å². The summed E-state index contributed by atoms with van der Waals surface area (Å²) in [5.74, 6) is -0.0151. The molecule has 0 radical (unpaired) electrons. The zero-order valence-electron chi connectivity index (χ0n) is 11.8. The van der Waals surface area contributed by atoms with E-state index >= 15 is 0 Å². The molecule has 0 spiro atoms. The van der Waals surface area contributed by atoms with Crippen molar-refractivity contribution in [1.82, 2.24) is 9.47 Å². The fourth-order valence-corrected chi connectivity index (χ4v) is 2.40. The van der Waals surface area contributed by atoms with Crippen molar-refractivity contribution >= 4 is 17.5 Å². The van der Waals surface area contributed by atoms with Crippen molar-refractivity contribution in [2.24, 2.45) is 7.05 Å². The third-order valence-corrected chi connectivity index (χ3v) is 3.62. The van der Waals surface area contributed by atoms with E-state index in [0.29, 0.717) is 17.1 Å². The molecule has 3 nitrogen and oxygen atoms in total. The molecule has 0 aliphatic carbocycles. The van der Waals surface area contributed by atoms with Crippen LogP contribution in [-0.4, -0.2) is 21.9 Å². The maximum Gasteiger partial charge on any atom is 0.255 e. The molecule has 0 aliphatic rings. The van der Waals surface area contributed by atoms with Crippen LogP contribution in [0.1, 0.15) is 29.4 Å². The first-order chi connectivity index (χ1) is 9.63. The van der Waals surface area contributed by atoms with E-state index in [0.717, 1.165) is 18.7 Å². The smallest absolute Gasteiger partial charge is 0.255 e. The van der Waals surface area contributed by atoms with Gasteiger partial charge in [-0.25, -0.2) is 0 Å². The van der Waals surface area contributed by atoms with Crippen molar-refractivity contribution in [3.8, 4) is 0 Å². The Bertz CT molecular complexity index is 592. The van der Waals surface area contributed by atoms with E-state index in [2.05, 4.69) is 6.92 Å². The zero-order valence-corrected chi connectivity index (χ0v) is 12.6. The van der Waals surface area contributed by atoms with Crippen molar-refractivity contribution in [3.63, 3.8) is 0 Å². The average molecular weight is 291 g/mol. The second-order valence-electron chi connectivity index (χ2n) is 4.82. The van der Waals surface area contributed by atoms with E-state index in [9.17, 15) is 4.79 Å². The second kappa shape index (κ2) is 6.62. The van der Waals surface area contributed by atoms with Crippen molar-refractivity contribution in [2.45, 2.75) is 19.9 Å². The number of carbonyl (C=O) groups is 1. The van der Waals surface area contributed by atoms with Gasteiger partial charge in [0, 0.05) is 25.5 Å². The highest BCUT2D eigenvalue weighted by atomic mass is 35.5. The second-order valence-corrected chi connectivity index (χ2v) is 5.22. The molecule has 0 unspecified atom stereocenters. The fourth-order valence-electron chi connectivity index (χ4n) is 2.18. The lowest BCUT2D eigenvalue weighted by atomic mass is 10.2. The first kappa shape index (κ1) is 14.7. The highest BCUT2D eigenvalue weighted by Gasteiger charge is 2.18. The lowest BCUT2D eigenvalue weighted by molar-refractivity contribution is 0.0740. The van der Waals surface area contributed by atoms with Gasteiger partial charge in [0.15, 0.2) is 0 Å². The number of nitrogens with zero attached hydrogens (tertiary/aromatic N) is 2. The Labute approximate surface area is 124 Å². The van der Waals surface area contributed by atoms with E-state index in [1.165, 1.54) is 0 Å². The SMILES string of the molecule is CCCN(Cc1cccn1C)C(=O)c1ccccc1Cl. The Hall–Kier alpha value is -1.74. The summed E-state index contributed by atoms with van der Waals surface area (Å²) in [4.78, 5) is 14.5. The van der Waals surface area contributed by atoms with Gasteiger partial charge in [-0.2, -0.15) is 0 Å². The van der Waals surface area contributed by atoms with Gasteiger partial charge in [-0.15, -0.1) is 0 Å². The normalized spacial score (nSPS) is 10.6. The zero-order chi connectivity index (χ0) is 14.5. The topological polar surface area (TPSA) is 25.2 Å². The quantitative estimate of drug-likeness (QED) is 0.824. The molecule has 20 heavy (non-hydrogen) atoms. The fraction of sp³-hybridized carbons (Fsp3) is 0.312. The number of aryl methyl sites for hydroxylation is 1. The van der Waals surface area contributed by atoms with Crippen LogP contribution in [-0.2, 0) is 13.6 Å². The lowest BCUT2D eigenvalue weighted by Gasteiger charge is -2.23. The van der Waals surface area contributed by atoms with Crippen molar-refractivity contribution < 1.29 is 4.79 Å². The Morgan fingerprint density at radius 3 is 2.60 bits per heavy atom. The molecule has 1 amide bonds. The number of amides is 1. The highest BCUT2D eigenvalue weighted by Crippen LogP contribution is 2.18. The predicted octanol–water partition coefficient (Wildman–Crippen LogP) is 3.73. The van der Waals surface area contributed by atoms with E-state index in [-0.39, 0.29) is 5.91 Å². The van der Waals surface area contributed by atoms with Gasteiger partial charge < -0.3 is 9.47 Å². The van der Waals surface area contributed by atoms with Crippen LogP contribution in [0.15, 0.2) is 42.6 Å². The highest BCUT2D eigenvalue weighted by molar-refractivity contribution is 6.33. The first-order valence-corrected chi connectivity index (χ1v) is 7.15. The summed E-state index contributed by atoms with van der Waals surface area (Å²) >= 11 is 6.12. The minimum Gasteiger partial charge on any atom is -0.353 e. The van der Waals surface area contributed by atoms with Crippen LogP contribution in [0.3, 0.4) is 0 Å². The van der Waals surface area contributed by atoms with Gasteiger partial charge in [-0.1, -0.05) is 30.7 Å². The number of halogens is 1. The van der Waals surface area contributed by atoms with Crippen LogP contribution in [0.2, 0.25) is 5.02 Å². The van der Waals surface area contributed by atoms with Crippen molar-refractivity contribution in [1.29, 1.82) is 0 Å². The Morgan fingerprint density at radius 2 is 2.00 bits per heavy atom. The Morgan fingerprint density at radius 1 is 1.25 bits per heavy atom. The molecule has 1 aromatic heterocycles. The first-order valence-electron chi connectivity index (χ1n) is 6.77. The van der Waals surface area contributed by atoms with Gasteiger partial charge in [0.2, 0.25) is 0 Å². The molecule has 1 heterocycles. The maximum absolute atomic E-state index is 12.6. The molecule has 0 bridgehead atoms. The van der Waals surface area contributed by atoms with Crippen LogP contribution in [0.25, 0.3) is 0 Å². The largest absolute Gasteiger partial charge is 0.353 e. The molecule has 0 saturated carbocycles. The van der Waals surface area contributed by atoms with E-state index < -0.39 is 0 Å². The summed E-state index contributed by atoms with van der Waals surface area (Å²) in [6.07, 6.45) is 2.90. The lowest BCUT2D eigenvalue weighted by Crippen LogP contribution is -2.32. The third-order valence-electron chi connectivity index (χ3n) is 3.29. The molecule has 2 rings (SSSR count). The number of benzene rings is 1. The van der Waals surface area contributed by atoms with Gasteiger partial charge >= 0.3 is 0 Å². The van der Waals surface area contributed by atoms with E-state index in [1.54, 1.807) is 12.1 Å². The summed E-state index contributed by atoms with van der Waals surface area (Å²) in [6.45, 7) is 3.38. The Kier molecular flexibility index (Phi) is 4.85. The van der Waals surface area contributed by atoms with Crippen LogP contribution >= 0.6 is 11.6 Å². The van der Waals surface area contributed by atoms with Crippen molar-refractivity contribution in [3.05, 3.63) is 58.9 Å². The van der Waals surface area contributed by atoms with Crippen LogP contribution in [0.5, 0.6) is 0 Å². The molecule has 0 saturated heterocycles. The number of rotatable bonds is 5. The minimum absolute atomic E-state index is 0.0151. The van der Waals surface area contributed by atoms with Crippen LogP contribution < -0.4 is 0 Å². The summed E-state index contributed by atoms with van der Waals surface area (Å²) < 4.78 is 2.03. The predicted molar refractivity (Wildman–Crippen MR) is 81.9 cm³/mol. The molecule has 106 valence electrons. The number of carbonyl (C=O) groups excluding carboxylic acids is 1. The van der Waals surface area contributed by atoms with Crippen LogP contribution in [0.4, 0.5) is 0 Å². The van der Waals surface area contributed by atoms with Gasteiger partial charge in [0.05, 0.1) is 17.1 Å². The molecule has 1 aromatic carbocycles. The summed E-state index contributed by atoms with van der Waals surface area (Å²) in [6, 6.07) is 11.2. The molecule has 0 atom stereocenters. The van der Waals surface area contributed by atoms with Gasteiger partial charge in [0.1, 0.15) is 0 Å². The molecule has 0 N–H and O–H groups in total. The standard InChI is InChI=1S/C16H19ClN2O/c1-3-10-19(12-13-7-6-11-18(13)2)16(20)14-8-4-5-9-15(14)17/h4-9,11H,3,10,12H2,1-2H3. The third kappa shape index (κ3) is 3.23. The summed E-state index contributed by atoms with van der Waals surface area (Å²) in [5.41, 5.74) is 1.68. The number of hydrogen-bond donors (Lipinski definition) is 0. The molecule has 4 heteroatoms. The van der Waals surface area contributed by atoms with Gasteiger partial charge in [-0.3, -0.25) is 4.79 Å². The summed E-state index contributed by atoms with van der Waals surface area (Å²) in [5, 5.41) is 0.505. The van der Waals surface area contributed by atoms with Gasteiger partial charge in [-0.05, 0) is 30.7 Å². The molecular formula is C16H19ClN2O. The maximum atomic E-state index is 12.6. The van der Waals surface area contributed by atoms with E-state index in [4.69, 9.17) is 11.6 Å². The monoisotopic (exact) mass is 290 g/mol. The average Bonchev–Trinajstić information content (AvgIpc) is 2.84. The summed E-state index contributed by atoms with van der Waals surface area (Å²) in [7, 11) is 1.99. The number of aromatic nitrogens is 1. The molecule has 2 aromatic rings. The molecular weight excluding hydrogens is 272 g/mol. The molecule has 0 aliphatic heterocycles. The number of hydrogen-bond acceptors (Lipinski definition) is 1. The Balaban J connectivity index is 2.22. The molecule has 0 fully saturated rings. The van der Waals surface area contributed by atoms with Gasteiger partial charge in [0.25, 0.3) is 5.91 Å². The van der Waals surface area contributed by atoms with E-state index in [1.807, 2.05) is 47.0 Å².